The summed E-state index contributed by atoms with van der Waals surface area (Å²) in [5, 5.41) is 9.16. The van der Waals surface area contributed by atoms with Crippen LogP contribution in [0.1, 0.15) is 26.4 Å². The Kier molecular flexibility index (Phi) is 4.77. The van der Waals surface area contributed by atoms with Crippen LogP contribution in [0.15, 0.2) is 51.7 Å². The number of hydrogen-bond donors (Lipinski definition) is 3. The Balaban J connectivity index is 2.00. The van der Waals surface area contributed by atoms with Gasteiger partial charge in [0.1, 0.15) is 14.9 Å². The topological polar surface area (TPSA) is 118 Å². The predicted molar refractivity (Wildman–Crippen MR) is 95.2 cm³/mol. The van der Waals surface area contributed by atoms with Crippen LogP contribution in [-0.2, 0) is 10.8 Å². The zero-order valence-electron chi connectivity index (χ0n) is 13.1. The highest BCUT2D eigenvalue weighted by Crippen LogP contribution is 2.37. The molecular weight excluding hydrogens is 360 g/mol. The van der Waals surface area contributed by atoms with Crippen LogP contribution in [0.3, 0.4) is 0 Å². The van der Waals surface area contributed by atoms with Crippen molar-refractivity contribution in [2.75, 3.05) is 5.32 Å². The second-order valence-corrected chi connectivity index (χ2v) is 7.79. The predicted octanol–water partition coefficient (Wildman–Crippen LogP) is 2.30. The van der Waals surface area contributed by atoms with E-state index in [4.69, 9.17) is 5.73 Å². The summed E-state index contributed by atoms with van der Waals surface area (Å²) in [6, 6.07) is 10.4. The monoisotopic (exact) mass is 374 g/mol. The fraction of sp³-hybridized carbons (Fsp3) is 0.0625. The Hall–Kier alpha value is -2.78. The first-order valence-corrected chi connectivity index (χ1v) is 9.16. The van der Waals surface area contributed by atoms with E-state index >= 15 is 0 Å². The molecule has 0 radical (unpaired) electrons. The summed E-state index contributed by atoms with van der Waals surface area (Å²) in [6.07, 6.45) is 1.44. The number of nitrogens with zero attached hydrogens (tertiary/aromatic N) is 1. The van der Waals surface area contributed by atoms with Crippen LogP contribution in [0.25, 0.3) is 0 Å². The van der Waals surface area contributed by atoms with Crippen molar-refractivity contribution in [3.05, 3.63) is 59.4 Å². The molecule has 0 bridgehead atoms. The Morgan fingerprint density at radius 1 is 1.24 bits per heavy atom. The van der Waals surface area contributed by atoms with Crippen molar-refractivity contribution in [3.8, 4) is 0 Å². The molecule has 9 heteroatoms. The number of primary amides is 1. The lowest BCUT2D eigenvalue weighted by Crippen LogP contribution is -2.17. The van der Waals surface area contributed by atoms with E-state index in [2.05, 4.69) is 15.5 Å². The number of aromatic amines is 1. The van der Waals surface area contributed by atoms with Gasteiger partial charge in [-0.1, -0.05) is 18.2 Å². The van der Waals surface area contributed by atoms with Crippen LogP contribution >= 0.6 is 11.3 Å². The molecule has 2 amide bonds. The number of H-pyrrole nitrogens is 1. The zero-order chi connectivity index (χ0) is 18.0. The van der Waals surface area contributed by atoms with E-state index in [9.17, 15) is 13.8 Å². The average molecular weight is 374 g/mol. The summed E-state index contributed by atoms with van der Waals surface area (Å²) < 4.78 is 13.3. The van der Waals surface area contributed by atoms with Gasteiger partial charge < -0.3 is 11.1 Å². The summed E-state index contributed by atoms with van der Waals surface area (Å²) in [7, 11) is -1.48. The number of nitrogens with two attached hydrogens (primary N) is 1. The third-order valence-electron chi connectivity index (χ3n) is 3.45. The number of benzene rings is 1. The van der Waals surface area contributed by atoms with E-state index in [0.29, 0.717) is 14.7 Å². The Labute approximate surface area is 149 Å². The van der Waals surface area contributed by atoms with Crippen molar-refractivity contribution in [3.63, 3.8) is 0 Å². The van der Waals surface area contributed by atoms with E-state index in [-0.39, 0.29) is 16.3 Å². The average Bonchev–Trinajstić information content (AvgIpc) is 3.23. The van der Waals surface area contributed by atoms with Crippen molar-refractivity contribution < 1.29 is 13.8 Å². The highest BCUT2D eigenvalue weighted by atomic mass is 32.2. The number of carbonyl (C=O) groups is 2. The van der Waals surface area contributed by atoms with E-state index in [1.165, 1.54) is 12.3 Å². The number of nitrogens with one attached hydrogen (secondary N) is 2. The van der Waals surface area contributed by atoms with Gasteiger partial charge >= 0.3 is 0 Å². The first-order chi connectivity index (χ1) is 12.0. The molecule has 128 valence electrons. The molecule has 2 aromatic heterocycles. The Morgan fingerprint density at radius 2 is 1.96 bits per heavy atom. The Bertz CT molecular complexity index is 949. The number of thiophene rings is 1. The van der Waals surface area contributed by atoms with Gasteiger partial charge in [0, 0.05) is 11.1 Å². The highest BCUT2D eigenvalue weighted by Gasteiger charge is 2.25. The van der Waals surface area contributed by atoms with Crippen molar-refractivity contribution in [2.45, 2.75) is 16.0 Å². The quantitative estimate of drug-likeness (QED) is 0.635. The molecule has 2 heterocycles. The van der Waals surface area contributed by atoms with E-state index < -0.39 is 22.6 Å². The molecule has 7 nitrogen and oxygen atoms in total. The minimum absolute atomic E-state index is 0.164. The van der Waals surface area contributed by atoms with Gasteiger partial charge in [0.05, 0.1) is 16.4 Å². The van der Waals surface area contributed by atoms with Crippen molar-refractivity contribution in [2.24, 2.45) is 5.73 Å². The molecule has 1 atom stereocenters. The van der Waals surface area contributed by atoms with Gasteiger partial charge in [0.15, 0.2) is 0 Å². The van der Waals surface area contributed by atoms with E-state index in [0.717, 1.165) is 11.3 Å². The van der Waals surface area contributed by atoms with Gasteiger partial charge in [0.25, 0.3) is 11.8 Å². The van der Waals surface area contributed by atoms with Crippen molar-refractivity contribution in [1.29, 1.82) is 0 Å². The second kappa shape index (κ2) is 6.99. The number of anilines is 1. The zero-order valence-corrected chi connectivity index (χ0v) is 14.7. The molecule has 0 fully saturated rings. The van der Waals surface area contributed by atoms with Gasteiger partial charge in [-0.25, -0.2) is 4.21 Å². The first-order valence-electron chi connectivity index (χ1n) is 7.19. The molecule has 0 spiro atoms. The highest BCUT2D eigenvalue weighted by molar-refractivity contribution is 7.87. The molecule has 4 N–H and O–H groups in total. The van der Waals surface area contributed by atoms with Gasteiger partial charge in [-0.2, -0.15) is 5.10 Å². The number of hydrogen-bond acceptors (Lipinski definition) is 5. The largest absolute Gasteiger partial charge is 0.365 e. The van der Waals surface area contributed by atoms with Crippen LogP contribution in [0.4, 0.5) is 5.00 Å². The lowest BCUT2D eigenvalue weighted by atomic mass is 10.2. The van der Waals surface area contributed by atoms with Gasteiger partial charge in [-0.05, 0) is 30.7 Å². The van der Waals surface area contributed by atoms with Crippen LogP contribution in [-0.4, -0.2) is 26.2 Å². The third-order valence-corrected chi connectivity index (χ3v) is 6.50. The number of aromatic nitrogens is 2. The van der Waals surface area contributed by atoms with Crippen LogP contribution in [0.2, 0.25) is 0 Å². The van der Waals surface area contributed by atoms with Crippen LogP contribution < -0.4 is 11.1 Å². The maximum atomic E-state index is 12.8. The number of amides is 2. The SMILES string of the molecule is Cc1c(S(=O)c2ccccc2)sc(NC(=O)c2ccn[nH]2)c1C(N)=O. The van der Waals surface area contributed by atoms with Gasteiger partial charge in [0.2, 0.25) is 0 Å². The first kappa shape index (κ1) is 17.1. The third kappa shape index (κ3) is 3.37. The van der Waals surface area contributed by atoms with Crippen LogP contribution in [0, 0.1) is 6.92 Å². The maximum absolute atomic E-state index is 12.8. The lowest BCUT2D eigenvalue weighted by Gasteiger charge is -2.03. The molecule has 0 aliphatic carbocycles. The van der Waals surface area contributed by atoms with Crippen molar-refractivity contribution >= 4 is 39.0 Å². The molecule has 1 unspecified atom stereocenters. The molecule has 25 heavy (non-hydrogen) atoms. The fourth-order valence-corrected chi connectivity index (χ4v) is 5.04. The summed E-state index contributed by atoms with van der Waals surface area (Å²) in [6.45, 7) is 1.67. The molecule has 1 aromatic carbocycles. The van der Waals surface area contributed by atoms with Crippen molar-refractivity contribution in [1.82, 2.24) is 10.2 Å². The fourth-order valence-electron chi connectivity index (χ4n) is 2.26. The summed E-state index contributed by atoms with van der Waals surface area (Å²) >= 11 is 1.08. The minimum Gasteiger partial charge on any atom is -0.365 e. The lowest BCUT2D eigenvalue weighted by molar-refractivity contribution is 0.100. The maximum Gasteiger partial charge on any atom is 0.274 e. The normalized spacial score (nSPS) is 11.9. The van der Waals surface area contributed by atoms with Crippen LogP contribution in [0.5, 0.6) is 0 Å². The Morgan fingerprint density at radius 3 is 2.56 bits per heavy atom. The van der Waals surface area contributed by atoms with E-state index in [1.54, 1.807) is 31.2 Å². The summed E-state index contributed by atoms with van der Waals surface area (Å²) in [5.41, 5.74) is 6.37. The molecule has 0 saturated heterocycles. The smallest absolute Gasteiger partial charge is 0.274 e. The van der Waals surface area contributed by atoms with Gasteiger partial charge in [-0.3, -0.25) is 14.7 Å². The molecule has 0 aliphatic heterocycles. The minimum atomic E-state index is -1.48. The second-order valence-electron chi connectivity index (χ2n) is 5.09. The summed E-state index contributed by atoms with van der Waals surface area (Å²) in [5.74, 6) is -1.15. The standard InChI is InChI=1S/C16H14N4O3S2/c1-9-12(13(17)21)15(19-14(22)11-7-8-18-20-11)24-16(9)25(23)10-5-3-2-4-6-10/h2-8H,1H3,(H2,17,21)(H,18,20)(H,19,22). The number of carbonyl (C=O) groups excluding carboxylic acids is 2. The molecule has 3 rings (SSSR count). The summed E-state index contributed by atoms with van der Waals surface area (Å²) in [4.78, 5) is 24.7. The molecular formula is C16H14N4O3S2. The molecule has 0 saturated carbocycles. The molecule has 0 aliphatic rings. The number of rotatable bonds is 5. The van der Waals surface area contributed by atoms with Gasteiger partial charge in [-0.15, -0.1) is 11.3 Å². The molecule has 3 aromatic rings. The van der Waals surface area contributed by atoms with E-state index in [1.807, 2.05) is 6.07 Å².